The predicted octanol–water partition coefficient (Wildman–Crippen LogP) is 3.69. The molecule has 4 N–H and O–H groups in total. The van der Waals surface area contributed by atoms with Crippen molar-refractivity contribution in [1.29, 1.82) is 0 Å². The number of aliphatic hydroxyl groups excluding tert-OH is 2. The van der Waals surface area contributed by atoms with Gasteiger partial charge in [-0.1, -0.05) is 0 Å². The number of imidazole rings is 1. The maximum absolute atomic E-state index is 14.2. The minimum Gasteiger partial charge on any atom is -0.491 e. The molecule has 176 valence electrons. The normalized spacial score (nSPS) is 12.2. The Labute approximate surface area is 191 Å². The van der Waals surface area contributed by atoms with Crippen LogP contribution >= 0.6 is 0 Å². The van der Waals surface area contributed by atoms with Gasteiger partial charge < -0.3 is 25.3 Å². The molecule has 1 amide bonds. The molecular formula is C23H19F3N4O4. The first-order valence-electron chi connectivity index (χ1n) is 10.1. The molecule has 0 aliphatic heterocycles. The van der Waals surface area contributed by atoms with Crippen LogP contribution in [0.2, 0.25) is 0 Å². The number of pyridine rings is 1. The number of alkyl halides is 2. The molecule has 1 atom stereocenters. The van der Waals surface area contributed by atoms with Gasteiger partial charge in [0.2, 0.25) is 0 Å². The summed E-state index contributed by atoms with van der Waals surface area (Å²) in [6, 6.07) is 9.18. The fraction of sp³-hybridized carbons (Fsp3) is 0.174. The SMILES string of the molecule is O=C(Nc1cccnc1)c1cc(F)cc2[nH]c(-c3ccc(OC[C@@H](O)CO)cc3C(F)F)nc12. The highest BCUT2D eigenvalue weighted by atomic mass is 19.3. The fourth-order valence-corrected chi connectivity index (χ4v) is 3.29. The zero-order chi connectivity index (χ0) is 24.2. The summed E-state index contributed by atoms with van der Waals surface area (Å²) in [6.07, 6.45) is -1.11. The quantitative estimate of drug-likeness (QED) is 0.311. The average Bonchev–Trinajstić information content (AvgIpc) is 3.26. The Morgan fingerprint density at radius 1 is 1.21 bits per heavy atom. The average molecular weight is 472 g/mol. The number of anilines is 1. The lowest BCUT2D eigenvalue weighted by atomic mass is 10.1. The van der Waals surface area contributed by atoms with E-state index in [1.165, 1.54) is 24.5 Å². The van der Waals surface area contributed by atoms with Gasteiger partial charge in [0.25, 0.3) is 12.3 Å². The highest BCUT2D eigenvalue weighted by molar-refractivity contribution is 6.11. The molecule has 0 radical (unpaired) electrons. The number of carbonyl (C=O) groups is 1. The molecule has 4 rings (SSSR count). The minimum atomic E-state index is -2.90. The third-order valence-corrected chi connectivity index (χ3v) is 4.88. The second-order valence-corrected chi connectivity index (χ2v) is 7.33. The minimum absolute atomic E-state index is 0.00766. The lowest BCUT2D eigenvalue weighted by Crippen LogP contribution is -2.21. The number of nitrogens with one attached hydrogen (secondary N) is 2. The maximum atomic E-state index is 14.2. The van der Waals surface area contributed by atoms with Gasteiger partial charge in [-0.25, -0.2) is 18.2 Å². The standard InChI is InChI=1S/C23H19F3N4O4/c24-12-6-18(23(33)28-13-2-1-5-27-9-13)20-19(7-12)29-22(30-20)16-4-3-15(8-17(16)21(25)26)34-11-14(32)10-31/h1-9,14,21,31-32H,10-11H2,(H,28,33)(H,29,30)/t14-/m0/s1. The number of halogens is 3. The summed E-state index contributed by atoms with van der Waals surface area (Å²) in [5, 5.41) is 20.8. The molecule has 0 bridgehead atoms. The number of hydrogen-bond acceptors (Lipinski definition) is 6. The van der Waals surface area contributed by atoms with Crippen molar-refractivity contribution in [2.75, 3.05) is 18.5 Å². The van der Waals surface area contributed by atoms with Gasteiger partial charge >= 0.3 is 0 Å². The molecule has 11 heteroatoms. The monoisotopic (exact) mass is 472 g/mol. The Bertz CT molecular complexity index is 1310. The van der Waals surface area contributed by atoms with Gasteiger partial charge in [-0.2, -0.15) is 0 Å². The van der Waals surface area contributed by atoms with E-state index in [0.717, 1.165) is 18.2 Å². The first-order valence-corrected chi connectivity index (χ1v) is 10.1. The molecule has 4 aromatic rings. The summed E-state index contributed by atoms with van der Waals surface area (Å²) >= 11 is 0. The predicted molar refractivity (Wildman–Crippen MR) is 117 cm³/mol. The second-order valence-electron chi connectivity index (χ2n) is 7.33. The molecule has 0 aliphatic rings. The van der Waals surface area contributed by atoms with Crippen LogP contribution in [-0.4, -0.2) is 50.4 Å². The zero-order valence-electron chi connectivity index (χ0n) is 17.5. The first kappa shape index (κ1) is 23.2. The molecule has 0 aliphatic carbocycles. The van der Waals surface area contributed by atoms with Crippen molar-refractivity contribution >= 4 is 22.6 Å². The summed E-state index contributed by atoms with van der Waals surface area (Å²) in [5.41, 5.74) is 0.167. The third-order valence-electron chi connectivity index (χ3n) is 4.88. The fourth-order valence-electron chi connectivity index (χ4n) is 3.29. The summed E-state index contributed by atoms with van der Waals surface area (Å²) < 4.78 is 47.1. The van der Waals surface area contributed by atoms with Gasteiger partial charge in [0.05, 0.1) is 29.6 Å². The van der Waals surface area contributed by atoms with Crippen molar-refractivity contribution in [1.82, 2.24) is 15.0 Å². The lowest BCUT2D eigenvalue weighted by Gasteiger charge is -2.13. The number of fused-ring (bicyclic) bond motifs is 1. The molecule has 0 fully saturated rings. The van der Waals surface area contributed by atoms with E-state index in [1.54, 1.807) is 12.1 Å². The van der Waals surface area contributed by atoms with E-state index in [4.69, 9.17) is 9.84 Å². The number of aliphatic hydroxyl groups is 2. The van der Waals surface area contributed by atoms with E-state index >= 15 is 0 Å². The number of H-pyrrole nitrogens is 1. The van der Waals surface area contributed by atoms with Crippen LogP contribution in [0.1, 0.15) is 22.3 Å². The Morgan fingerprint density at radius 3 is 2.74 bits per heavy atom. The Morgan fingerprint density at radius 2 is 2.03 bits per heavy atom. The number of carbonyl (C=O) groups excluding carboxylic acids is 1. The molecule has 0 saturated carbocycles. The summed E-state index contributed by atoms with van der Waals surface area (Å²) in [5.74, 6) is -1.28. The second kappa shape index (κ2) is 9.89. The van der Waals surface area contributed by atoms with E-state index in [-0.39, 0.29) is 40.3 Å². The van der Waals surface area contributed by atoms with Crippen LogP contribution in [0.5, 0.6) is 5.75 Å². The number of aromatic nitrogens is 3. The van der Waals surface area contributed by atoms with Crippen LogP contribution in [0.3, 0.4) is 0 Å². The number of benzene rings is 2. The number of rotatable bonds is 8. The Hall–Kier alpha value is -3.96. The zero-order valence-corrected chi connectivity index (χ0v) is 17.5. The van der Waals surface area contributed by atoms with Crippen molar-refractivity contribution < 1.29 is 32.9 Å². The van der Waals surface area contributed by atoms with E-state index in [1.807, 2.05) is 0 Å². The van der Waals surface area contributed by atoms with Crippen molar-refractivity contribution in [2.45, 2.75) is 12.5 Å². The van der Waals surface area contributed by atoms with E-state index in [0.29, 0.717) is 5.69 Å². The van der Waals surface area contributed by atoms with Gasteiger partial charge in [-0.15, -0.1) is 0 Å². The van der Waals surface area contributed by atoms with Crippen LogP contribution in [0.4, 0.5) is 18.9 Å². The summed E-state index contributed by atoms with van der Waals surface area (Å²) in [4.78, 5) is 23.8. The molecule has 0 unspecified atom stereocenters. The molecule has 2 aromatic heterocycles. The molecule has 0 saturated heterocycles. The van der Waals surface area contributed by atoms with Crippen molar-refractivity contribution in [2.24, 2.45) is 0 Å². The Kier molecular flexibility index (Phi) is 6.75. The largest absolute Gasteiger partial charge is 0.491 e. The van der Waals surface area contributed by atoms with Crippen molar-refractivity contribution in [3.63, 3.8) is 0 Å². The van der Waals surface area contributed by atoms with Crippen LogP contribution in [0.15, 0.2) is 54.9 Å². The number of ether oxygens (including phenoxy) is 1. The van der Waals surface area contributed by atoms with E-state index in [2.05, 4.69) is 20.3 Å². The molecule has 8 nitrogen and oxygen atoms in total. The number of aromatic amines is 1. The third kappa shape index (κ3) is 5.00. The van der Waals surface area contributed by atoms with Crippen molar-refractivity contribution in [3.05, 3.63) is 71.8 Å². The maximum Gasteiger partial charge on any atom is 0.264 e. The van der Waals surface area contributed by atoms with Gasteiger partial charge in [0.15, 0.2) is 0 Å². The number of hydrogen-bond donors (Lipinski definition) is 4. The molecule has 34 heavy (non-hydrogen) atoms. The Balaban J connectivity index is 1.71. The number of nitrogens with zero attached hydrogens (tertiary/aromatic N) is 2. The van der Waals surface area contributed by atoms with Crippen molar-refractivity contribution in [3.8, 4) is 17.1 Å². The summed E-state index contributed by atoms with van der Waals surface area (Å²) in [6.45, 7) is -0.816. The highest BCUT2D eigenvalue weighted by Crippen LogP contribution is 2.34. The van der Waals surface area contributed by atoms with Gasteiger partial charge in [-0.3, -0.25) is 9.78 Å². The molecule has 2 heterocycles. The van der Waals surface area contributed by atoms with Crippen LogP contribution in [-0.2, 0) is 0 Å². The highest BCUT2D eigenvalue weighted by Gasteiger charge is 2.21. The lowest BCUT2D eigenvalue weighted by molar-refractivity contribution is 0.0534. The molecular weight excluding hydrogens is 453 g/mol. The molecule has 2 aromatic carbocycles. The van der Waals surface area contributed by atoms with Crippen LogP contribution in [0.25, 0.3) is 22.4 Å². The number of amides is 1. The smallest absolute Gasteiger partial charge is 0.264 e. The van der Waals surface area contributed by atoms with E-state index in [9.17, 15) is 23.1 Å². The summed E-state index contributed by atoms with van der Waals surface area (Å²) in [7, 11) is 0. The topological polar surface area (TPSA) is 120 Å². The van der Waals surface area contributed by atoms with E-state index < -0.39 is 36.4 Å². The van der Waals surface area contributed by atoms with Crippen LogP contribution < -0.4 is 10.1 Å². The van der Waals surface area contributed by atoms with Gasteiger partial charge in [0.1, 0.15) is 35.6 Å². The van der Waals surface area contributed by atoms with Crippen LogP contribution in [0, 0.1) is 5.82 Å². The molecule has 0 spiro atoms. The van der Waals surface area contributed by atoms with Gasteiger partial charge in [0, 0.05) is 17.3 Å². The first-order chi connectivity index (χ1) is 16.4. The van der Waals surface area contributed by atoms with Gasteiger partial charge in [-0.05, 0) is 42.5 Å².